The first kappa shape index (κ1) is 10.9. The van der Waals surface area contributed by atoms with Crippen LogP contribution in [0.3, 0.4) is 0 Å². The molecule has 1 N–H and O–H groups in total. The zero-order valence-electron chi connectivity index (χ0n) is 9.33. The van der Waals surface area contributed by atoms with Crippen LogP contribution in [0.5, 0.6) is 0 Å². The van der Waals surface area contributed by atoms with Gasteiger partial charge in [0.2, 0.25) is 0 Å². The topological polar surface area (TPSA) is 53.2 Å². The average molecular weight is 209 g/mol. The van der Waals surface area contributed by atoms with E-state index in [4.69, 9.17) is 4.74 Å². The molecule has 0 aromatic carbocycles. The van der Waals surface area contributed by atoms with Gasteiger partial charge in [-0.15, -0.1) is 0 Å². The molecule has 2 aliphatic rings. The van der Waals surface area contributed by atoms with Crippen LogP contribution < -0.4 is 0 Å². The normalized spacial score (nSPS) is 39.1. The van der Waals surface area contributed by atoms with Crippen molar-refractivity contribution in [2.75, 3.05) is 7.11 Å². The number of nitrogens with zero attached hydrogens (tertiary/aromatic N) is 1. The quantitative estimate of drug-likeness (QED) is 0.756. The lowest BCUT2D eigenvalue weighted by molar-refractivity contribution is -0.187. The second kappa shape index (κ2) is 3.77. The molecule has 0 bridgehead atoms. The van der Waals surface area contributed by atoms with E-state index in [2.05, 4.69) is 6.07 Å². The third-order valence-corrected chi connectivity index (χ3v) is 4.28. The molecular formula is C12H19NO2. The summed E-state index contributed by atoms with van der Waals surface area (Å²) in [5.74, 6) is 0. The molecule has 2 aliphatic carbocycles. The fourth-order valence-electron chi connectivity index (χ4n) is 3.09. The van der Waals surface area contributed by atoms with E-state index in [1.165, 1.54) is 6.42 Å². The van der Waals surface area contributed by atoms with E-state index in [-0.39, 0.29) is 6.10 Å². The van der Waals surface area contributed by atoms with Crippen LogP contribution in [-0.4, -0.2) is 23.9 Å². The van der Waals surface area contributed by atoms with Gasteiger partial charge in [0.25, 0.3) is 0 Å². The Hall–Kier alpha value is -0.590. The largest absolute Gasteiger partial charge is 0.388 e. The second-order valence-electron chi connectivity index (χ2n) is 5.05. The molecular weight excluding hydrogens is 190 g/mol. The highest BCUT2D eigenvalue weighted by Crippen LogP contribution is 2.53. The molecule has 3 nitrogen and oxygen atoms in total. The number of rotatable bonds is 2. The summed E-state index contributed by atoms with van der Waals surface area (Å²) in [6.45, 7) is 0. The van der Waals surface area contributed by atoms with E-state index in [1.54, 1.807) is 7.11 Å². The summed E-state index contributed by atoms with van der Waals surface area (Å²) < 4.78 is 5.19. The molecule has 0 aromatic heterocycles. The van der Waals surface area contributed by atoms with Crippen LogP contribution in [0.15, 0.2) is 0 Å². The molecule has 2 rings (SSSR count). The van der Waals surface area contributed by atoms with Crippen LogP contribution in [0, 0.1) is 16.7 Å². The van der Waals surface area contributed by atoms with Crippen molar-refractivity contribution in [2.24, 2.45) is 5.41 Å². The summed E-state index contributed by atoms with van der Waals surface area (Å²) in [6, 6.07) is 2.40. The molecule has 0 amide bonds. The predicted molar refractivity (Wildman–Crippen MR) is 56.1 cm³/mol. The SMILES string of the molecule is COC1CC(O)(C2(C#N)CCCCC2)C1. The lowest BCUT2D eigenvalue weighted by Crippen LogP contribution is -2.59. The van der Waals surface area contributed by atoms with E-state index in [0.717, 1.165) is 25.7 Å². The lowest BCUT2D eigenvalue weighted by atomic mass is 9.55. The van der Waals surface area contributed by atoms with E-state index < -0.39 is 11.0 Å². The first-order valence-electron chi connectivity index (χ1n) is 5.82. The summed E-state index contributed by atoms with van der Waals surface area (Å²) in [5, 5.41) is 19.8. The van der Waals surface area contributed by atoms with Crippen molar-refractivity contribution in [2.45, 2.75) is 56.7 Å². The van der Waals surface area contributed by atoms with Gasteiger partial charge in [0, 0.05) is 20.0 Å². The van der Waals surface area contributed by atoms with Crippen molar-refractivity contribution in [1.82, 2.24) is 0 Å². The van der Waals surface area contributed by atoms with Crippen LogP contribution in [0.4, 0.5) is 0 Å². The minimum atomic E-state index is -0.775. The number of hydrogen-bond acceptors (Lipinski definition) is 3. The number of ether oxygens (including phenoxy) is 1. The number of aliphatic hydroxyl groups is 1. The Labute approximate surface area is 91.0 Å². The molecule has 0 atom stereocenters. The van der Waals surface area contributed by atoms with Gasteiger partial charge in [0.05, 0.1) is 23.2 Å². The third-order valence-electron chi connectivity index (χ3n) is 4.28. The Balaban J connectivity index is 2.10. The van der Waals surface area contributed by atoms with E-state index in [1.807, 2.05) is 0 Å². The van der Waals surface area contributed by atoms with E-state index in [0.29, 0.717) is 12.8 Å². The van der Waals surface area contributed by atoms with Crippen LogP contribution in [0.2, 0.25) is 0 Å². The fraction of sp³-hybridized carbons (Fsp3) is 0.917. The average Bonchev–Trinajstić information content (AvgIpc) is 2.25. The van der Waals surface area contributed by atoms with Crippen molar-refractivity contribution in [3.8, 4) is 6.07 Å². The van der Waals surface area contributed by atoms with Gasteiger partial charge in [-0.3, -0.25) is 0 Å². The second-order valence-corrected chi connectivity index (χ2v) is 5.05. The standard InChI is InChI=1S/C12H19NO2/c1-15-10-7-12(14,8-10)11(9-13)5-3-2-4-6-11/h10,14H,2-8H2,1H3. The molecule has 0 spiro atoms. The molecule has 0 aromatic rings. The number of hydrogen-bond donors (Lipinski definition) is 1. The molecule has 84 valence electrons. The zero-order chi connectivity index (χ0) is 10.9. The van der Waals surface area contributed by atoms with Gasteiger partial charge >= 0.3 is 0 Å². The Morgan fingerprint density at radius 3 is 2.33 bits per heavy atom. The Kier molecular flexibility index (Phi) is 2.74. The van der Waals surface area contributed by atoms with Crippen molar-refractivity contribution in [1.29, 1.82) is 5.26 Å². The Morgan fingerprint density at radius 2 is 1.87 bits per heavy atom. The number of methoxy groups -OCH3 is 1. The molecule has 0 unspecified atom stereocenters. The van der Waals surface area contributed by atoms with Gasteiger partial charge in [-0.2, -0.15) is 5.26 Å². The molecule has 15 heavy (non-hydrogen) atoms. The summed E-state index contributed by atoms with van der Waals surface area (Å²) in [7, 11) is 1.67. The molecule has 0 saturated heterocycles. The molecule has 2 saturated carbocycles. The van der Waals surface area contributed by atoms with Gasteiger partial charge < -0.3 is 9.84 Å². The Bertz CT molecular complexity index is 270. The van der Waals surface area contributed by atoms with Crippen LogP contribution in [0.1, 0.15) is 44.9 Å². The van der Waals surface area contributed by atoms with E-state index in [9.17, 15) is 10.4 Å². The van der Waals surface area contributed by atoms with Crippen molar-refractivity contribution >= 4 is 0 Å². The maximum Gasteiger partial charge on any atom is 0.0882 e. The Morgan fingerprint density at radius 1 is 1.27 bits per heavy atom. The lowest BCUT2D eigenvalue weighted by Gasteiger charge is -2.53. The van der Waals surface area contributed by atoms with Crippen molar-refractivity contribution in [3.63, 3.8) is 0 Å². The van der Waals surface area contributed by atoms with E-state index >= 15 is 0 Å². The van der Waals surface area contributed by atoms with Gasteiger partial charge in [0.15, 0.2) is 0 Å². The minimum absolute atomic E-state index is 0.155. The molecule has 0 radical (unpaired) electrons. The highest BCUT2D eigenvalue weighted by molar-refractivity contribution is 5.17. The van der Waals surface area contributed by atoms with Crippen LogP contribution in [0.25, 0.3) is 0 Å². The van der Waals surface area contributed by atoms with Gasteiger partial charge in [-0.05, 0) is 12.8 Å². The maximum atomic E-state index is 10.5. The summed E-state index contributed by atoms with van der Waals surface area (Å²) >= 11 is 0. The first-order chi connectivity index (χ1) is 7.16. The minimum Gasteiger partial charge on any atom is -0.388 e. The molecule has 3 heteroatoms. The van der Waals surface area contributed by atoms with Gasteiger partial charge in [0.1, 0.15) is 0 Å². The smallest absolute Gasteiger partial charge is 0.0882 e. The maximum absolute atomic E-state index is 10.5. The predicted octanol–water partition coefficient (Wildman–Crippen LogP) is 2.00. The van der Waals surface area contributed by atoms with Gasteiger partial charge in [-0.1, -0.05) is 19.3 Å². The summed E-state index contributed by atoms with van der Waals surface area (Å²) in [4.78, 5) is 0. The molecule has 0 heterocycles. The third kappa shape index (κ3) is 1.56. The zero-order valence-corrected chi connectivity index (χ0v) is 9.33. The molecule has 2 fully saturated rings. The summed E-state index contributed by atoms with van der Waals surface area (Å²) in [6.07, 6.45) is 6.50. The highest BCUT2D eigenvalue weighted by Gasteiger charge is 2.58. The van der Waals surface area contributed by atoms with Crippen molar-refractivity contribution < 1.29 is 9.84 Å². The van der Waals surface area contributed by atoms with Gasteiger partial charge in [-0.25, -0.2) is 0 Å². The number of nitriles is 1. The summed E-state index contributed by atoms with van der Waals surface area (Å²) in [5.41, 5.74) is -1.26. The van der Waals surface area contributed by atoms with Crippen LogP contribution >= 0.6 is 0 Å². The molecule has 0 aliphatic heterocycles. The highest BCUT2D eigenvalue weighted by atomic mass is 16.5. The first-order valence-corrected chi connectivity index (χ1v) is 5.82. The van der Waals surface area contributed by atoms with Crippen molar-refractivity contribution in [3.05, 3.63) is 0 Å². The fourth-order valence-corrected chi connectivity index (χ4v) is 3.09. The monoisotopic (exact) mass is 209 g/mol. The van der Waals surface area contributed by atoms with Crippen LogP contribution in [-0.2, 0) is 4.74 Å².